The standard InChI is InChI=1S/C18H15P.C16H36N/c1-4-10-16(11-5-1)19(17-12-6-2-7-13-17)18-14-8-3-9-15-18;1-5-9-13-17(14-10-6-2,15-11-7-3)16-12-8-4/h1-15H;5-16H2,1-4H3/q;+1. The average molecular weight is 505 g/mol. The first-order valence-electron chi connectivity index (χ1n) is 14.5. The van der Waals surface area contributed by atoms with E-state index >= 15 is 0 Å². The Hall–Kier alpha value is -1.95. The van der Waals surface area contributed by atoms with E-state index in [4.69, 9.17) is 0 Å². The highest BCUT2D eigenvalue weighted by Crippen LogP contribution is 2.32. The number of quaternary nitrogens is 1. The van der Waals surface area contributed by atoms with Crippen molar-refractivity contribution in [3.05, 3.63) is 91.0 Å². The summed E-state index contributed by atoms with van der Waals surface area (Å²) in [5, 5.41) is 4.19. The van der Waals surface area contributed by atoms with Crippen molar-refractivity contribution in [2.45, 2.75) is 79.1 Å². The molecule has 3 rings (SSSR count). The highest BCUT2D eigenvalue weighted by atomic mass is 31.1. The lowest BCUT2D eigenvalue weighted by atomic mass is 10.1. The molecular formula is C34H51NP+. The molecule has 0 N–H and O–H groups in total. The third-order valence-corrected chi connectivity index (χ3v) is 9.43. The van der Waals surface area contributed by atoms with Gasteiger partial charge in [-0.2, -0.15) is 0 Å². The third kappa shape index (κ3) is 10.6. The van der Waals surface area contributed by atoms with Crippen LogP contribution in [0.15, 0.2) is 91.0 Å². The second-order valence-electron chi connectivity index (χ2n) is 9.99. The molecule has 0 spiro atoms. The van der Waals surface area contributed by atoms with Crippen LogP contribution in [0.3, 0.4) is 0 Å². The Morgan fingerprint density at radius 1 is 0.417 bits per heavy atom. The molecule has 36 heavy (non-hydrogen) atoms. The topological polar surface area (TPSA) is 0 Å². The highest BCUT2D eigenvalue weighted by Gasteiger charge is 2.24. The SMILES string of the molecule is CCCC[N+](CCCC)(CCCC)CCCC.c1ccc(P(c2ccccc2)c2ccccc2)cc1. The molecular weight excluding hydrogens is 453 g/mol. The van der Waals surface area contributed by atoms with Gasteiger partial charge in [-0.25, -0.2) is 0 Å². The normalized spacial score (nSPS) is 11.2. The summed E-state index contributed by atoms with van der Waals surface area (Å²) in [5.74, 6) is 0. The van der Waals surface area contributed by atoms with Crippen LogP contribution >= 0.6 is 7.92 Å². The molecule has 0 atom stereocenters. The molecule has 3 aromatic carbocycles. The number of unbranched alkanes of at least 4 members (excludes halogenated alkanes) is 4. The van der Waals surface area contributed by atoms with Crippen LogP contribution in [0.4, 0.5) is 0 Å². The van der Waals surface area contributed by atoms with Gasteiger partial charge in [0.2, 0.25) is 0 Å². The van der Waals surface area contributed by atoms with Crippen LogP contribution in [-0.4, -0.2) is 30.7 Å². The molecule has 0 aliphatic carbocycles. The van der Waals surface area contributed by atoms with Crippen molar-refractivity contribution in [1.29, 1.82) is 0 Å². The lowest BCUT2D eigenvalue weighted by molar-refractivity contribution is -0.929. The van der Waals surface area contributed by atoms with Gasteiger partial charge in [-0.15, -0.1) is 0 Å². The molecule has 0 heterocycles. The van der Waals surface area contributed by atoms with Crippen LogP contribution in [0.2, 0.25) is 0 Å². The van der Waals surface area contributed by atoms with Gasteiger partial charge < -0.3 is 4.48 Å². The van der Waals surface area contributed by atoms with E-state index in [2.05, 4.69) is 119 Å². The summed E-state index contributed by atoms with van der Waals surface area (Å²) in [6.07, 6.45) is 11.1. The van der Waals surface area contributed by atoms with Crippen molar-refractivity contribution in [3.8, 4) is 0 Å². The first kappa shape index (κ1) is 30.3. The maximum atomic E-state index is 2.33. The summed E-state index contributed by atoms with van der Waals surface area (Å²) in [5.41, 5.74) is 0. The molecule has 0 saturated heterocycles. The van der Waals surface area contributed by atoms with E-state index in [1.165, 1.54) is 97.9 Å². The van der Waals surface area contributed by atoms with E-state index in [9.17, 15) is 0 Å². The predicted molar refractivity (Wildman–Crippen MR) is 165 cm³/mol. The van der Waals surface area contributed by atoms with Crippen molar-refractivity contribution >= 4 is 23.8 Å². The maximum absolute atomic E-state index is 2.33. The van der Waals surface area contributed by atoms with E-state index in [-0.39, 0.29) is 0 Å². The van der Waals surface area contributed by atoms with Crippen LogP contribution < -0.4 is 15.9 Å². The molecule has 2 heteroatoms. The first-order chi connectivity index (χ1) is 17.7. The van der Waals surface area contributed by atoms with Crippen molar-refractivity contribution in [1.82, 2.24) is 0 Å². The minimum Gasteiger partial charge on any atom is -0.324 e. The molecule has 0 bridgehead atoms. The van der Waals surface area contributed by atoms with Gasteiger partial charge in [-0.3, -0.25) is 0 Å². The van der Waals surface area contributed by atoms with E-state index < -0.39 is 7.92 Å². The third-order valence-electron chi connectivity index (χ3n) is 6.99. The van der Waals surface area contributed by atoms with Crippen LogP contribution in [0, 0.1) is 0 Å². The second kappa shape index (κ2) is 18.3. The van der Waals surface area contributed by atoms with Gasteiger partial charge in [0.15, 0.2) is 0 Å². The Morgan fingerprint density at radius 2 is 0.667 bits per heavy atom. The Morgan fingerprint density at radius 3 is 0.889 bits per heavy atom. The molecule has 0 aliphatic heterocycles. The van der Waals surface area contributed by atoms with Crippen molar-refractivity contribution in [2.75, 3.05) is 26.2 Å². The van der Waals surface area contributed by atoms with Crippen LogP contribution in [-0.2, 0) is 0 Å². The molecule has 0 amide bonds. The lowest BCUT2D eigenvalue weighted by Gasteiger charge is -2.39. The smallest absolute Gasteiger partial charge is 0.0786 e. The lowest BCUT2D eigenvalue weighted by Crippen LogP contribution is -2.50. The van der Waals surface area contributed by atoms with E-state index in [1.54, 1.807) is 0 Å². The van der Waals surface area contributed by atoms with Crippen molar-refractivity contribution in [2.24, 2.45) is 0 Å². The van der Waals surface area contributed by atoms with Gasteiger partial charge in [0.1, 0.15) is 0 Å². The fourth-order valence-electron chi connectivity index (χ4n) is 4.82. The molecule has 0 aromatic heterocycles. The molecule has 0 unspecified atom stereocenters. The minimum absolute atomic E-state index is 0.446. The van der Waals surface area contributed by atoms with E-state index in [0.29, 0.717) is 0 Å². The molecule has 0 aliphatic rings. The van der Waals surface area contributed by atoms with E-state index in [1.807, 2.05) is 0 Å². The molecule has 196 valence electrons. The Bertz CT molecular complexity index is 763. The molecule has 0 saturated carbocycles. The first-order valence-corrected chi connectivity index (χ1v) is 15.8. The van der Waals surface area contributed by atoms with Crippen molar-refractivity contribution < 1.29 is 4.48 Å². The zero-order valence-corrected chi connectivity index (χ0v) is 24.4. The summed E-state index contributed by atoms with van der Waals surface area (Å²) < 4.78 is 1.42. The second-order valence-corrected chi connectivity index (χ2v) is 12.2. The predicted octanol–water partition coefficient (Wildman–Crippen LogP) is 8.45. The summed E-state index contributed by atoms with van der Waals surface area (Å²) in [7, 11) is -0.446. The van der Waals surface area contributed by atoms with Gasteiger partial charge in [-0.05, 0) is 49.5 Å². The van der Waals surface area contributed by atoms with Gasteiger partial charge in [0.05, 0.1) is 26.2 Å². The molecule has 1 nitrogen and oxygen atoms in total. The number of hydrogen-bond acceptors (Lipinski definition) is 0. The Balaban J connectivity index is 0.000000256. The van der Waals surface area contributed by atoms with Gasteiger partial charge >= 0.3 is 0 Å². The minimum atomic E-state index is -0.446. The van der Waals surface area contributed by atoms with Crippen LogP contribution in [0.25, 0.3) is 0 Å². The monoisotopic (exact) mass is 504 g/mol. The molecule has 0 radical (unpaired) electrons. The fourth-order valence-corrected chi connectivity index (χ4v) is 7.13. The average Bonchev–Trinajstić information content (AvgIpc) is 2.94. The van der Waals surface area contributed by atoms with Crippen LogP contribution in [0.5, 0.6) is 0 Å². The number of nitrogens with zero attached hydrogens (tertiary/aromatic N) is 1. The largest absolute Gasteiger partial charge is 0.324 e. The molecule has 3 aromatic rings. The summed E-state index contributed by atoms with van der Waals surface area (Å²) in [4.78, 5) is 0. The van der Waals surface area contributed by atoms with Gasteiger partial charge in [0, 0.05) is 0 Å². The Kier molecular flexibility index (Phi) is 15.4. The summed E-state index contributed by atoms with van der Waals surface area (Å²) in [6, 6.07) is 32.3. The number of hydrogen-bond donors (Lipinski definition) is 0. The fraction of sp³-hybridized carbons (Fsp3) is 0.471. The summed E-state index contributed by atoms with van der Waals surface area (Å²) in [6.45, 7) is 15.0. The zero-order chi connectivity index (χ0) is 25.9. The van der Waals surface area contributed by atoms with Gasteiger partial charge in [0.25, 0.3) is 0 Å². The van der Waals surface area contributed by atoms with Gasteiger partial charge in [-0.1, -0.05) is 144 Å². The highest BCUT2D eigenvalue weighted by molar-refractivity contribution is 7.79. The number of benzene rings is 3. The quantitative estimate of drug-likeness (QED) is 0.144. The van der Waals surface area contributed by atoms with E-state index in [0.717, 1.165) is 0 Å². The Labute approximate surface area is 224 Å². The maximum Gasteiger partial charge on any atom is 0.0786 e. The summed E-state index contributed by atoms with van der Waals surface area (Å²) >= 11 is 0. The zero-order valence-electron chi connectivity index (χ0n) is 23.5. The molecule has 0 fully saturated rings. The number of rotatable bonds is 15. The van der Waals surface area contributed by atoms with Crippen LogP contribution in [0.1, 0.15) is 79.1 Å². The van der Waals surface area contributed by atoms with Crippen molar-refractivity contribution in [3.63, 3.8) is 0 Å².